The number of nitrogens with zero attached hydrogens (tertiary/aromatic N) is 2. The van der Waals surface area contributed by atoms with Gasteiger partial charge in [-0.2, -0.15) is 5.26 Å². The summed E-state index contributed by atoms with van der Waals surface area (Å²) in [5.74, 6) is -0.495. The van der Waals surface area contributed by atoms with Gasteiger partial charge in [-0.1, -0.05) is 15.9 Å². The molecule has 0 spiro atoms. The first-order chi connectivity index (χ1) is 6.97. The van der Waals surface area contributed by atoms with Crippen molar-refractivity contribution in [2.24, 2.45) is 0 Å². The zero-order valence-electron chi connectivity index (χ0n) is 7.65. The van der Waals surface area contributed by atoms with Crippen LogP contribution in [0.15, 0.2) is 16.6 Å². The highest BCUT2D eigenvalue weighted by Crippen LogP contribution is 2.27. The molecule has 0 unspecified atom stereocenters. The third-order valence-corrected chi connectivity index (χ3v) is 2.21. The molecule has 0 amide bonds. The Morgan fingerprint density at radius 1 is 1.60 bits per heavy atom. The maximum Gasteiger partial charge on any atom is 0.282 e. The number of nitro benzene ring substituents is 1. The van der Waals surface area contributed by atoms with Crippen LogP contribution in [0.2, 0.25) is 0 Å². The van der Waals surface area contributed by atoms with E-state index in [-0.39, 0.29) is 16.8 Å². The number of nitro groups is 1. The first-order valence-electron chi connectivity index (χ1n) is 3.86. The minimum Gasteiger partial charge on any atom is -0.294 e. The Hall–Kier alpha value is -1.74. The van der Waals surface area contributed by atoms with Gasteiger partial charge in [-0.05, 0) is 13.0 Å². The highest BCUT2D eigenvalue weighted by atomic mass is 79.9. The largest absolute Gasteiger partial charge is 0.294 e. The van der Waals surface area contributed by atoms with E-state index in [0.29, 0.717) is 4.47 Å². The van der Waals surface area contributed by atoms with Crippen LogP contribution in [-0.2, 0) is 0 Å². The molecule has 0 fully saturated rings. The van der Waals surface area contributed by atoms with E-state index in [1.807, 2.05) is 0 Å². The lowest BCUT2D eigenvalue weighted by atomic mass is 10.0. The van der Waals surface area contributed by atoms with Crippen molar-refractivity contribution >= 4 is 27.4 Å². The summed E-state index contributed by atoms with van der Waals surface area (Å²) >= 11 is 3.04. The van der Waals surface area contributed by atoms with E-state index in [4.69, 9.17) is 5.26 Å². The molecular formula is C9H5BrN2O3. The molecule has 0 aliphatic heterocycles. The number of ketones is 1. The van der Waals surface area contributed by atoms with Gasteiger partial charge in [0.25, 0.3) is 5.69 Å². The Balaban J connectivity index is 3.64. The summed E-state index contributed by atoms with van der Waals surface area (Å²) in [5, 5.41) is 19.4. The van der Waals surface area contributed by atoms with Crippen molar-refractivity contribution in [3.63, 3.8) is 0 Å². The summed E-state index contributed by atoms with van der Waals surface area (Å²) in [6.45, 7) is 1.19. The number of benzene rings is 1. The second kappa shape index (κ2) is 4.19. The molecule has 0 aliphatic rings. The number of hydrogen-bond donors (Lipinski definition) is 0. The maximum atomic E-state index is 11.2. The highest BCUT2D eigenvalue weighted by Gasteiger charge is 2.22. The number of carbonyl (C=O) groups is 1. The molecule has 0 aromatic heterocycles. The van der Waals surface area contributed by atoms with Crippen LogP contribution in [0.25, 0.3) is 0 Å². The lowest BCUT2D eigenvalue weighted by molar-refractivity contribution is -0.385. The van der Waals surface area contributed by atoms with E-state index in [0.717, 1.165) is 0 Å². The van der Waals surface area contributed by atoms with Gasteiger partial charge in [0, 0.05) is 10.5 Å². The molecule has 0 atom stereocenters. The molecule has 0 bridgehead atoms. The molecule has 6 heteroatoms. The van der Waals surface area contributed by atoms with Gasteiger partial charge in [0.15, 0.2) is 5.78 Å². The van der Waals surface area contributed by atoms with E-state index < -0.39 is 10.7 Å². The summed E-state index contributed by atoms with van der Waals surface area (Å²) < 4.78 is 0.399. The van der Waals surface area contributed by atoms with Gasteiger partial charge in [-0.15, -0.1) is 0 Å². The molecule has 5 nitrogen and oxygen atoms in total. The summed E-state index contributed by atoms with van der Waals surface area (Å²) in [4.78, 5) is 21.2. The Kier molecular flexibility index (Phi) is 3.17. The fourth-order valence-corrected chi connectivity index (χ4v) is 1.64. The number of nitriles is 1. The van der Waals surface area contributed by atoms with E-state index in [2.05, 4.69) is 15.9 Å². The van der Waals surface area contributed by atoms with Gasteiger partial charge in [-0.3, -0.25) is 14.9 Å². The molecule has 1 rings (SSSR count). The third kappa shape index (κ3) is 2.19. The lowest BCUT2D eigenvalue weighted by Gasteiger charge is -2.01. The molecule has 1 aromatic carbocycles. The molecule has 0 saturated heterocycles. The monoisotopic (exact) mass is 268 g/mol. The summed E-state index contributed by atoms with van der Waals surface area (Å²) in [5.41, 5.74) is -0.497. The Morgan fingerprint density at radius 3 is 2.60 bits per heavy atom. The number of halogens is 1. The van der Waals surface area contributed by atoms with Crippen molar-refractivity contribution in [2.45, 2.75) is 6.92 Å². The van der Waals surface area contributed by atoms with Crippen LogP contribution in [0.3, 0.4) is 0 Å². The van der Waals surface area contributed by atoms with Crippen LogP contribution in [0.4, 0.5) is 5.69 Å². The fourth-order valence-electron chi connectivity index (χ4n) is 1.19. The van der Waals surface area contributed by atoms with Gasteiger partial charge >= 0.3 is 0 Å². The van der Waals surface area contributed by atoms with E-state index in [9.17, 15) is 14.9 Å². The molecule has 0 aliphatic carbocycles. The Bertz CT molecular complexity index is 491. The molecule has 1 aromatic rings. The van der Waals surface area contributed by atoms with E-state index in [1.165, 1.54) is 19.1 Å². The first kappa shape index (κ1) is 11.3. The van der Waals surface area contributed by atoms with Crippen molar-refractivity contribution in [3.05, 3.63) is 37.8 Å². The number of rotatable bonds is 2. The average Bonchev–Trinajstić information content (AvgIpc) is 2.15. The van der Waals surface area contributed by atoms with Crippen molar-refractivity contribution in [3.8, 4) is 6.07 Å². The van der Waals surface area contributed by atoms with Crippen molar-refractivity contribution < 1.29 is 9.72 Å². The lowest BCUT2D eigenvalue weighted by Crippen LogP contribution is -2.03. The minimum atomic E-state index is -0.678. The number of Topliss-reactive ketones (excluding diaryl/α,β-unsaturated/α-hetero) is 1. The van der Waals surface area contributed by atoms with Gasteiger partial charge in [-0.25, -0.2) is 0 Å². The molecule has 15 heavy (non-hydrogen) atoms. The van der Waals surface area contributed by atoms with Crippen LogP contribution in [0.5, 0.6) is 0 Å². The maximum absolute atomic E-state index is 11.2. The Morgan fingerprint density at radius 2 is 2.20 bits per heavy atom. The van der Waals surface area contributed by atoms with Gasteiger partial charge in [0.05, 0.1) is 10.5 Å². The average molecular weight is 269 g/mol. The number of hydrogen-bond acceptors (Lipinski definition) is 4. The van der Waals surface area contributed by atoms with Crippen molar-refractivity contribution in [1.82, 2.24) is 0 Å². The van der Waals surface area contributed by atoms with Crippen molar-refractivity contribution in [1.29, 1.82) is 5.26 Å². The van der Waals surface area contributed by atoms with Crippen molar-refractivity contribution in [2.75, 3.05) is 0 Å². The van der Waals surface area contributed by atoms with Gasteiger partial charge < -0.3 is 0 Å². The summed E-state index contributed by atoms with van der Waals surface area (Å²) in [6.07, 6.45) is 0. The molecule has 0 saturated carbocycles. The first-order valence-corrected chi connectivity index (χ1v) is 4.65. The van der Waals surface area contributed by atoms with E-state index in [1.54, 1.807) is 6.07 Å². The highest BCUT2D eigenvalue weighted by molar-refractivity contribution is 9.10. The predicted octanol–water partition coefficient (Wildman–Crippen LogP) is 2.43. The van der Waals surface area contributed by atoms with E-state index >= 15 is 0 Å². The van der Waals surface area contributed by atoms with Crippen LogP contribution >= 0.6 is 15.9 Å². The minimum absolute atomic E-state index is 0.00331. The third-order valence-electron chi connectivity index (χ3n) is 1.75. The fraction of sp³-hybridized carbons (Fsp3) is 0.111. The number of carbonyl (C=O) groups excluding carboxylic acids is 1. The SMILES string of the molecule is CC(=O)c1c(C#N)cc(Br)cc1[N+](=O)[O-]. The Labute approximate surface area is 93.6 Å². The molecule has 0 radical (unpaired) electrons. The molecule has 76 valence electrons. The quantitative estimate of drug-likeness (QED) is 0.469. The normalized spacial score (nSPS) is 9.40. The summed E-state index contributed by atoms with van der Waals surface area (Å²) in [7, 11) is 0. The topological polar surface area (TPSA) is 84.0 Å². The molecule has 0 heterocycles. The molecular weight excluding hydrogens is 264 g/mol. The standard InChI is InChI=1S/C9H5BrN2O3/c1-5(13)9-6(4-11)2-7(10)3-8(9)12(14)15/h2-3H,1H3. The zero-order chi connectivity index (χ0) is 11.6. The zero-order valence-corrected chi connectivity index (χ0v) is 9.24. The second-order valence-corrected chi connectivity index (χ2v) is 3.69. The van der Waals surface area contributed by atoms with Crippen LogP contribution in [-0.4, -0.2) is 10.7 Å². The van der Waals surface area contributed by atoms with Gasteiger partial charge in [0.1, 0.15) is 11.6 Å². The molecule has 0 N–H and O–H groups in total. The second-order valence-electron chi connectivity index (χ2n) is 2.77. The predicted molar refractivity (Wildman–Crippen MR) is 55.5 cm³/mol. The van der Waals surface area contributed by atoms with Crippen LogP contribution in [0, 0.1) is 21.4 Å². The summed E-state index contributed by atoms with van der Waals surface area (Å²) in [6, 6.07) is 4.34. The van der Waals surface area contributed by atoms with Gasteiger partial charge in [0.2, 0.25) is 0 Å². The van der Waals surface area contributed by atoms with Crippen LogP contribution in [0.1, 0.15) is 22.8 Å². The smallest absolute Gasteiger partial charge is 0.282 e. The van der Waals surface area contributed by atoms with Crippen LogP contribution < -0.4 is 0 Å².